The third-order valence-corrected chi connectivity index (χ3v) is 3.22. The van der Waals surface area contributed by atoms with Crippen molar-refractivity contribution in [2.24, 2.45) is 0 Å². The average Bonchev–Trinajstić information content (AvgIpc) is 2.45. The molecule has 1 atom stereocenters. The van der Waals surface area contributed by atoms with Crippen molar-refractivity contribution in [3.05, 3.63) is 35.4 Å². The number of alkyl halides is 3. The van der Waals surface area contributed by atoms with Crippen LogP contribution in [0, 0.1) is 0 Å². The van der Waals surface area contributed by atoms with E-state index >= 15 is 0 Å². The van der Waals surface area contributed by atoms with Crippen LogP contribution in [0.15, 0.2) is 24.3 Å². The van der Waals surface area contributed by atoms with Gasteiger partial charge in [-0.15, -0.1) is 0 Å². The normalized spacial score (nSPS) is 19.3. The van der Waals surface area contributed by atoms with Gasteiger partial charge in [0, 0.05) is 19.6 Å². The van der Waals surface area contributed by atoms with Crippen molar-refractivity contribution in [1.82, 2.24) is 10.6 Å². The van der Waals surface area contributed by atoms with Crippen molar-refractivity contribution in [3.8, 4) is 0 Å². The molecular formula is C14H17F3N2O2. The van der Waals surface area contributed by atoms with Crippen molar-refractivity contribution in [1.29, 1.82) is 0 Å². The number of carbonyl (C=O) groups excluding carboxylic acids is 1. The van der Waals surface area contributed by atoms with E-state index in [0.29, 0.717) is 13.2 Å². The summed E-state index contributed by atoms with van der Waals surface area (Å²) in [6.07, 6.45) is -4.50. The molecule has 1 amide bonds. The Morgan fingerprint density at radius 1 is 1.38 bits per heavy atom. The number of amides is 1. The van der Waals surface area contributed by atoms with E-state index < -0.39 is 11.7 Å². The predicted molar refractivity (Wildman–Crippen MR) is 70.5 cm³/mol. The fourth-order valence-electron chi connectivity index (χ4n) is 2.17. The van der Waals surface area contributed by atoms with Crippen molar-refractivity contribution < 1.29 is 22.7 Å². The Morgan fingerprint density at radius 3 is 2.81 bits per heavy atom. The van der Waals surface area contributed by atoms with Gasteiger partial charge in [-0.2, -0.15) is 13.2 Å². The summed E-state index contributed by atoms with van der Waals surface area (Å²) in [7, 11) is 0. The molecule has 21 heavy (non-hydrogen) atoms. The number of hydrogen-bond donors (Lipinski definition) is 2. The van der Waals surface area contributed by atoms with Crippen LogP contribution in [0.4, 0.5) is 13.2 Å². The maximum Gasteiger partial charge on any atom is 0.416 e. The lowest BCUT2D eigenvalue weighted by Gasteiger charge is -2.23. The van der Waals surface area contributed by atoms with E-state index in [1.165, 1.54) is 18.2 Å². The SMILES string of the molecule is O=C(CC1CNCCO1)NCc1ccccc1C(F)(F)F. The third-order valence-electron chi connectivity index (χ3n) is 3.22. The second kappa shape index (κ2) is 6.91. The van der Waals surface area contributed by atoms with Crippen LogP contribution in [0.3, 0.4) is 0 Å². The Bertz CT molecular complexity index is 485. The summed E-state index contributed by atoms with van der Waals surface area (Å²) in [6, 6.07) is 5.22. The molecule has 0 spiro atoms. The first-order valence-corrected chi connectivity index (χ1v) is 6.71. The van der Waals surface area contributed by atoms with Gasteiger partial charge in [-0.25, -0.2) is 0 Å². The molecule has 1 heterocycles. The average molecular weight is 302 g/mol. The molecule has 0 bridgehead atoms. The van der Waals surface area contributed by atoms with E-state index in [4.69, 9.17) is 4.74 Å². The molecule has 1 aliphatic heterocycles. The molecule has 4 nitrogen and oxygen atoms in total. The summed E-state index contributed by atoms with van der Waals surface area (Å²) >= 11 is 0. The van der Waals surface area contributed by atoms with Crippen LogP contribution in [0.1, 0.15) is 17.5 Å². The minimum Gasteiger partial charge on any atom is -0.375 e. The standard InChI is InChI=1S/C14H17F3N2O2/c15-14(16,17)12-4-2-1-3-10(12)8-19-13(20)7-11-9-18-5-6-21-11/h1-4,11,18H,5-9H2,(H,19,20). The van der Waals surface area contributed by atoms with Gasteiger partial charge in [-0.1, -0.05) is 18.2 Å². The molecule has 1 saturated heterocycles. The number of carbonyl (C=O) groups is 1. The lowest BCUT2D eigenvalue weighted by molar-refractivity contribution is -0.138. The van der Waals surface area contributed by atoms with Crippen LogP contribution in [-0.2, 0) is 22.3 Å². The highest BCUT2D eigenvalue weighted by molar-refractivity contribution is 5.76. The fourth-order valence-corrected chi connectivity index (χ4v) is 2.17. The first-order chi connectivity index (χ1) is 9.97. The summed E-state index contributed by atoms with van der Waals surface area (Å²) in [4.78, 5) is 11.7. The number of halogens is 3. The first kappa shape index (κ1) is 15.8. The fraction of sp³-hybridized carbons (Fsp3) is 0.500. The van der Waals surface area contributed by atoms with Gasteiger partial charge in [0.25, 0.3) is 0 Å². The summed E-state index contributed by atoms with van der Waals surface area (Å²) in [6.45, 7) is 1.72. The van der Waals surface area contributed by atoms with Crippen LogP contribution in [0.5, 0.6) is 0 Å². The molecule has 7 heteroatoms. The summed E-state index contributed by atoms with van der Waals surface area (Å²) < 4.78 is 43.8. The molecule has 0 saturated carbocycles. The minimum absolute atomic E-state index is 0.0565. The van der Waals surface area contributed by atoms with E-state index in [1.54, 1.807) is 0 Å². The highest BCUT2D eigenvalue weighted by Gasteiger charge is 2.32. The molecule has 0 radical (unpaired) electrons. The lowest BCUT2D eigenvalue weighted by atomic mass is 10.1. The van der Waals surface area contributed by atoms with E-state index in [0.717, 1.165) is 12.6 Å². The van der Waals surface area contributed by atoms with Gasteiger partial charge >= 0.3 is 6.18 Å². The maximum absolute atomic E-state index is 12.8. The maximum atomic E-state index is 12.8. The topological polar surface area (TPSA) is 50.4 Å². The van der Waals surface area contributed by atoms with Crippen LogP contribution < -0.4 is 10.6 Å². The van der Waals surface area contributed by atoms with Crippen molar-refractivity contribution >= 4 is 5.91 Å². The zero-order valence-electron chi connectivity index (χ0n) is 11.4. The van der Waals surface area contributed by atoms with E-state index in [1.807, 2.05) is 0 Å². The van der Waals surface area contributed by atoms with Gasteiger partial charge in [-0.05, 0) is 11.6 Å². The Labute approximate surface area is 120 Å². The van der Waals surface area contributed by atoms with Gasteiger partial charge in [0.2, 0.25) is 5.91 Å². The summed E-state index contributed by atoms with van der Waals surface area (Å²) in [5.74, 6) is -0.319. The molecule has 2 N–H and O–H groups in total. The molecule has 1 aliphatic rings. The number of nitrogens with one attached hydrogen (secondary N) is 2. The van der Waals surface area contributed by atoms with Crippen molar-refractivity contribution in [3.63, 3.8) is 0 Å². The smallest absolute Gasteiger partial charge is 0.375 e. The largest absolute Gasteiger partial charge is 0.416 e. The van der Waals surface area contributed by atoms with Gasteiger partial charge in [0.15, 0.2) is 0 Å². The van der Waals surface area contributed by atoms with Crippen LogP contribution in [0.2, 0.25) is 0 Å². The lowest BCUT2D eigenvalue weighted by Crippen LogP contribution is -2.41. The highest BCUT2D eigenvalue weighted by atomic mass is 19.4. The second-order valence-electron chi connectivity index (χ2n) is 4.83. The summed E-state index contributed by atoms with van der Waals surface area (Å²) in [5, 5.41) is 5.60. The molecule has 0 aromatic heterocycles. The Hall–Kier alpha value is -1.60. The number of ether oxygens (including phenoxy) is 1. The quantitative estimate of drug-likeness (QED) is 0.890. The number of hydrogen-bond acceptors (Lipinski definition) is 3. The van der Waals surface area contributed by atoms with E-state index in [2.05, 4.69) is 10.6 Å². The zero-order chi connectivity index (χ0) is 15.3. The van der Waals surface area contributed by atoms with Gasteiger partial charge < -0.3 is 15.4 Å². The molecule has 116 valence electrons. The van der Waals surface area contributed by atoms with Crippen LogP contribution in [0.25, 0.3) is 0 Å². The summed E-state index contributed by atoms with van der Waals surface area (Å²) in [5.41, 5.74) is -0.665. The monoisotopic (exact) mass is 302 g/mol. The third kappa shape index (κ3) is 4.71. The Morgan fingerprint density at radius 2 is 2.14 bits per heavy atom. The second-order valence-corrected chi connectivity index (χ2v) is 4.83. The van der Waals surface area contributed by atoms with Gasteiger partial charge in [0.05, 0.1) is 24.7 Å². The molecule has 1 unspecified atom stereocenters. The van der Waals surface area contributed by atoms with Crippen molar-refractivity contribution in [2.45, 2.75) is 25.2 Å². The number of benzene rings is 1. The zero-order valence-corrected chi connectivity index (χ0v) is 11.4. The first-order valence-electron chi connectivity index (χ1n) is 6.71. The van der Waals surface area contributed by atoms with E-state index in [-0.39, 0.29) is 30.5 Å². The number of rotatable bonds is 4. The van der Waals surface area contributed by atoms with E-state index in [9.17, 15) is 18.0 Å². The van der Waals surface area contributed by atoms with Crippen LogP contribution >= 0.6 is 0 Å². The Kier molecular flexibility index (Phi) is 5.19. The van der Waals surface area contributed by atoms with Gasteiger partial charge in [-0.3, -0.25) is 4.79 Å². The molecule has 2 rings (SSSR count). The molecule has 1 fully saturated rings. The van der Waals surface area contributed by atoms with Crippen LogP contribution in [-0.4, -0.2) is 31.7 Å². The molecule has 0 aliphatic carbocycles. The Balaban J connectivity index is 1.89. The molecule has 1 aromatic carbocycles. The number of morpholine rings is 1. The molecular weight excluding hydrogens is 285 g/mol. The minimum atomic E-state index is -4.42. The highest BCUT2D eigenvalue weighted by Crippen LogP contribution is 2.31. The predicted octanol–water partition coefficient (Wildman–Crippen LogP) is 1.70. The molecule has 1 aromatic rings. The van der Waals surface area contributed by atoms with Gasteiger partial charge in [0.1, 0.15) is 0 Å². The van der Waals surface area contributed by atoms with Crippen molar-refractivity contribution in [2.75, 3.05) is 19.7 Å².